The summed E-state index contributed by atoms with van der Waals surface area (Å²) < 4.78 is 28.9. The van der Waals surface area contributed by atoms with Gasteiger partial charge in [-0.3, -0.25) is 9.80 Å². The van der Waals surface area contributed by atoms with Gasteiger partial charge < -0.3 is 4.74 Å². The molecule has 0 saturated carbocycles. The van der Waals surface area contributed by atoms with Crippen LogP contribution in [0, 0.1) is 0 Å². The lowest BCUT2D eigenvalue weighted by Crippen LogP contribution is -2.47. The van der Waals surface area contributed by atoms with Crippen LogP contribution in [0.25, 0.3) is 0 Å². The number of piperidine rings is 1. The van der Waals surface area contributed by atoms with E-state index in [1.54, 1.807) is 12.1 Å². The monoisotopic (exact) mass is 428 g/mol. The van der Waals surface area contributed by atoms with Crippen molar-refractivity contribution in [1.82, 2.24) is 9.80 Å². The zero-order valence-electron chi connectivity index (χ0n) is 17.4. The molecule has 0 radical (unpaired) electrons. The smallest absolute Gasteiger partial charge is 0.411 e. The van der Waals surface area contributed by atoms with Crippen molar-refractivity contribution in [2.24, 2.45) is 0 Å². The molecule has 2 unspecified atom stereocenters. The van der Waals surface area contributed by atoms with Crippen LogP contribution >= 0.6 is 0 Å². The second-order valence-electron chi connectivity index (χ2n) is 8.29. The van der Waals surface area contributed by atoms with Gasteiger partial charge in [0, 0.05) is 31.9 Å². The fourth-order valence-corrected chi connectivity index (χ4v) is 5.14. The molecule has 0 N–H and O–H groups in total. The largest absolute Gasteiger partial charge is 0.439 e. The molecule has 7 heteroatoms. The second kappa shape index (κ2) is 8.40. The molecule has 2 aromatic carbocycles. The third-order valence-corrected chi connectivity index (χ3v) is 7.28. The summed E-state index contributed by atoms with van der Waals surface area (Å²) in [6.07, 6.45) is 2.60. The Balaban J connectivity index is 1.35. The average Bonchev–Trinajstić information content (AvgIpc) is 3.03. The van der Waals surface area contributed by atoms with E-state index in [1.165, 1.54) is 6.26 Å². The van der Waals surface area contributed by atoms with Crippen LogP contribution in [0.3, 0.4) is 0 Å². The zero-order chi connectivity index (χ0) is 21.3. The summed E-state index contributed by atoms with van der Waals surface area (Å²) in [5, 5.41) is 0. The summed E-state index contributed by atoms with van der Waals surface area (Å²) in [6, 6.07) is 17.2. The van der Waals surface area contributed by atoms with E-state index in [0.717, 1.165) is 43.6 Å². The first-order valence-electron chi connectivity index (χ1n) is 10.4. The highest BCUT2D eigenvalue weighted by Crippen LogP contribution is 2.35. The van der Waals surface area contributed by atoms with Crippen molar-refractivity contribution >= 4 is 15.9 Å². The predicted molar refractivity (Wildman–Crippen MR) is 115 cm³/mol. The Labute approximate surface area is 178 Å². The fourth-order valence-electron chi connectivity index (χ4n) is 4.51. The maximum atomic E-state index is 12.6. The number of sulfone groups is 1. The molecule has 30 heavy (non-hydrogen) atoms. The molecule has 1 amide bonds. The zero-order valence-corrected chi connectivity index (χ0v) is 18.2. The number of hydrogen-bond donors (Lipinski definition) is 0. The highest BCUT2D eigenvalue weighted by molar-refractivity contribution is 7.90. The molecule has 6 nitrogen and oxygen atoms in total. The van der Waals surface area contributed by atoms with Gasteiger partial charge in [-0.25, -0.2) is 13.2 Å². The standard InChI is InChI=1S/C23H28N2O4S/c1-17-22(19-6-4-3-5-7-19)29-23(26)25(17)20-12-14-24(15-13-20)16-18-8-10-21(11-9-18)30(2,27)28/h3-11,17,20,22H,12-16H2,1-2H3. The molecular formula is C23H28N2O4S. The van der Waals surface area contributed by atoms with E-state index < -0.39 is 9.84 Å². The summed E-state index contributed by atoms with van der Waals surface area (Å²) in [6.45, 7) is 4.64. The van der Waals surface area contributed by atoms with Crippen molar-refractivity contribution in [3.05, 3.63) is 65.7 Å². The molecule has 2 heterocycles. The number of likely N-dealkylation sites (tertiary alicyclic amines) is 1. The van der Waals surface area contributed by atoms with E-state index in [-0.39, 0.29) is 24.3 Å². The van der Waals surface area contributed by atoms with Crippen LogP contribution in [0.5, 0.6) is 0 Å². The van der Waals surface area contributed by atoms with Gasteiger partial charge in [0.2, 0.25) is 0 Å². The molecule has 4 rings (SSSR count). The Morgan fingerprint density at radius 1 is 1.00 bits per heavy atom. The lowest BCUT2D eigenvalue weighted by Gasteiger charge is -2.37. The van der Waals surface area contributed by atoms with Gasteiger partial charge in [0.25, 0.3) is 0 Å². The number of cyclic esters (lactones) is 1. The summed E-state index contributed by atoms with van der Waals surface area (Å²) in [5.41, 5.74) is 2.13. The molecule has 2 aliphatic heterocycles. The number of carbonyl (C=O) groups is 1. The first-order valence-corrected chi connectivity index (χ1v) is 12.3. The normalized spacial score (nSPS) is 23.5. The third-order valence-electron chi connectivity index (χ3n) is 6.15. The van der Waals surface area contributed by atoms with Crippen molar-refractivity contribution in [2.75, 3.05) is 19.3 Å². The van der Waals surface area contributed by atoms with E-state index in [4.69, 9.17) is 4.74 Å². The SMILES string of the molecule is CC1C(c2ccccc2)OC(=O)N1C1CCN(Cc2ccc(S(C)(=O)=O)cc2)CC1. The minimum absolute atomic E-state index is 0.0139. The number of amides is 1. The van der Waals surface area contributed by atoms with Crippen molar-refractivity contribution in [2.45, 2.75) is 49.4 Å². The van der Waals surface area contributed by atoms with Crippen LogP contribution in [-0.2, 0) is 21.1 Å². The molecule has 160 valence electrons. The second-order valence-corrected chi connectivity index (χ2v) is 10.3. The molecule has 2 atom stereocenters. The Hall–Kier alpha value is -2.38. The van der Waals surface area contributed by atoms with Gasteiger partial charge in [-0.05, 0) is 43.0 Å². The van der Waals surface area contributed by atoms with Crippen molar-refractivity contribution in [3.63, 3.8) is 0 Å². The Bertz CT molecular complexity index is 984. The molecule has 2 aliphatic rings. The van der Waals surface area contributed by atoms with E-state index in [0.29, 0.717) is 4.90 Å². The minimum atomic E-state index is -3.17. The summed E-state index contributed by atoms with van der Waals surface area (Å²) in [5.74, 6) is 0. The topological polar surface area (TPSA) is 66.9 Å². The average molecular weight is 429 g/mol. The molecule has 0 aromatic heterocycles. The van der Waals surface area contributed by atoms with E-state index >= 15 is 0 Å². The van der Waals surface area contributed by atoms with Gasteiger partial charge in [0.15, 0.2) is 9.84 Å². The van der Waals surface area contributed by atoms with Crippen molar-refractivity contribution in [1.29, 1.82) is 0 Å². The molecule has 2 aromatic rings. The summed E-state index contributed by atoms with van der Waals surface area (Å²) in [7, 11) is -3.17. The van der Waals surface area contributed by atoms with Gasteiger partial charge >= 0.3 is 6.09 Å². The number of rotatable bonds is 5. The Morgan fingerprint density at radius 2 is 1.63 bits per heavy atom. The van der Waals surface area contributed by atoms with Gasteiger partial charge in [0.1, 0.15) is 6.10 Å². The molecular weight excluding hydrogens is 400 g/mol. The number of ether oxygens (including phenoxy) is 1. The molecule has 2 saturated heterocycles. The van der Waals surface area contributed by atoms with Gasteiger partial charge in [0.05, 0.1) is 10.9 Å². The van der Waals surface area contributed by atoms with Crippen LogP contribution < -0.4 is 0 Å². The lowest BCUT2D eigenvalue weighted by molar-refractivity contribution is 0.106. The first-order chi connectivity index (χ1) is 14.3. The van der Waals surface area contributed by atoms with Crippen LogP contribution in [0.2, 0.25) is 0 Å². The maximum absolute atomic E-state index is 12.6. The van der Waals surface area contributed by atoms with Crippen LogP contribution in [0.4, 0.5) is 4.79 Å². The van der Waals surface area contributed by atoms with Crippen LogP contribution in [-0.4, -0.2) is 55.7 Å². The number of benzene rings is 2. The Kier molecular flexibility index (Phi) is 5.84. The quantitative estimate of drug-likeness (QED) is 0.727. The summed E-state index contributed by atoms with van der Waals surface area (Å²) >= 11 is 0. The highest BCUT2D eigenvalue weighted by Gasteiger charge is 2.43. The first kappa shape index (κ1) is 20.9. The van der Waals surface area contributed by atoms with Crippen molar-refractivity contribution in [3.8, 4) is 0 Å². The predicted octanol–water partition coefficient (Wildman–Crippen LogP) is 3.64. The molecule has 0 aliphatic carbocycles. The Morgan fingerprint density at radius 3 is 2.23 bits per heavy atom. The molecule has 0 bridgehead atoms. The van der Waals surface area contributed by atoms with Gasteiger partial charge in [-0.15, -0.1) is 0 Å². The number of hydrogen-bond acceptors (Lipinski definition) is 5. The van der Waals surface area contributed by atoms with E-state index in [1.807, 2.05) is 47.4 Å². The minimum Gasteiger partial charge on any atom is -0.439 e. The van der Waals surface area contributed by atoms with E-state index in [9.17, 15) is 13.2 Å². The van der Waals surface area contributed by atoms with Crippen LogP contribution in [0.15, 0.2) is 59.5 Å². The number of carbonyl (C=O) groups excluding carboxylic acids is 1. The highest BCUT2D eigenvalue weighted by atomic mass is 32.2. The van der Waals surface area contributed by atoms with Gasteiger partial charge in [-0.1, -0.05) is 42.5 Å². The van der Waals surface area contributed by atoms with E-state index in [2.05, 4.69) is 11.8 Å². The fraction of sp³-hybridized carbons (Fsp3) is 0.435. The number of nitrogens with zero attached hydrogens (tertiary/aromatic N) is 2. The lowest BCUT2D eigenvalue weighted by atomic mass is 9.98. The van der Waals surface area contributed by atoms with Crippen LogP contribution in [0.1, 0.15) is 37.0 Å². The summed E-state index contributed by atoms with van der Waals surface area (Å²) in [4.78, 5) is 17.2. The third kappa shape index (κ3) is 4.37. The van der Waals surface area contributed by atoms with Crippen molar-refractivity contribution < 1.29 is 17.9 Å². The maximum Gasteiger partial charge on any atom is 0.411 e. The van der Waals surface area contributed by atoms with Gasteiger partial charge in [-0.2, -0.15) is 0 Å². The molecule has 0 spiro atoms. The molecule has 2 fully saturated rings.